The van der Waals surface area contributed by atoms with Crippen molar-refractivity contribution in [1.29, 1.82) is 0 Å². The molecule has 0 amide bonds. The summed E-state index contributed by atoms with van der Waals surface area (Å²) >= 11 is 0. The molecule has 0 radical (unpaired) electrons. The molecule has 1 aromatic rings. The van der Waals surface area contributed by atoms with E-state index in [1.54, 1.807) is 0 Å². The van der Waals surface area contributed by atoms with Crippen LogP contribution in [-0.2, 0) is 0 Å². The molecule has 19 heavy (non-hydrogen) atoms. The van der Waals surface area contributed by atoms with Gasteiger partial charge in [-0.1, -0.05) is 0 Å². The largest absolute Gasteiger partial charge is 0.395 e. The first-order valence-corrected chi connectivity index (χ1v) is 5.98. The molecule has 8 nitrogen and oxygen atoms in total. The Kier molecular flexibility index (Phi) is 2.94. The second-order valence-corrected chi connectivity index (χ2v) is 4.73. The number of hydrogen-bond donors (Lipinski definition) is 5. The number of aliphatic hydroxyl groups is 3. The molecule has 5 atom stereocenters. The van der Waals surface area contributed by atoms with Gasteiger partial charge in [0.15, 0.2) is 0 Å². The molecule has 3 heterocycles. The standard InChI is InChI=1S/C11H14N4O4/c16-2-5-9(17)10(18)7(15-5)4-1-12-8-6(4)13-3-14-11(8)19/h1,3-5,7,9-10,15-18H,2H2,(H,13,14,19)/t4?,5-,7+,9-,10-/m0/s1. The Balaban J connectivity index is 1.93. The number of aliphatic imine (C=N–C) groups is 1. The van der Waals surface area contributed by atoms with Gasteiger partial charge in [0.25, 0.3) is 5.56 Å². The van der Waals surface area contributed by atoms with E-state index in [0.29, 0.717) is 5.69 Å². The van der Waals surface area contributed by atoms with Gasteiger partial charge in [-0.05, 0) is 0 Å². The number of hydrogen-bond acceptors (Lipinski definition) is 7. The van der Waals surface area contributed by atoms with Crippen LogP contribution in [0.25, 0.3) is 0 Å². The monoisotopic (exact) mass is 266 g/mol. The van der Waals surface area contributed by atoms with Gasteiger partial charge in [0.2, 0.25) is 0 Å². The topological polar surface area (TPSA) is 131 Å². The zero-order chi connectivity index (χ0) is 13.6. The van der Waals surface area contributed by atoms with Crippen molar-refractivity contribution in [3.05, 3.63) is 22.4 Å². The molecular weight excluding hydrogens is 252 g/mol. The number of aromatic amines is 1. The molecule has 0 aromatic carbocycles. The molecule has 0 bridgehead atoms. The Morgan fingerprint density at radius 2 is 2.11 bits per heavy atom. The van der Waals surface area contributed by atoms with Crippen LogP contribution in [0.5, 0.6) is 0 Å². The number of nitrogens with one attached hydrogen (secondary N) is 2. The SMILES string of the molecule is O=c1[nH]cnc2c1N=CC2[C@H]1N[C@@H](CO)[C@H](O)[C@H]1O. The Morgan fingerprint density at radius 3 is 2.79 bits per heavy atom. The summed E-state index contributed by atoms with van der Waals surface area (Å²) in [6, 6.07) is -1.13. The Morgan fingerprint density at radius 1 is 1.32 bits per heavy atom. The second-order valence-electron chi connectivity index (χ2n) is 4.73. The van der Waals surface area contributed by atoms with Gasteiger partial charge >= 0.3 is 0 Å². The van der Waals surface area contributed by atoms with Crippen molar-refractivity contribution < 1.29 is 15.3 Å². The highest BCUT2D eigenvalue weighted by Gasteiger charge is 2.46. The summed E-state index contributed by atoms with van der Waals surface area (Å²) in [5.41, 5.74) is 0.352. The van der Waals surface area contributed by atoms with Gasteiger partial charge in [-0.2, -0.15) is 0 Å². The smallest absolute Gasteiger partial charge is 0.276 e. The minimum absolute atomic E-state index is 0.225. The van der Waals surface area contributed by atoms with Crippen LogP contribution in [0, 0.1) is 0 Å². The lowest BCUT2D eigenvalue weighted by atomic mass is 9.94. The van der Waals surface area contributed by atoms with E-state index >= 15 is 0 Å². The molecule has 5 N–H and O–H groups in total. The molecule has 1 aromatic heterocycles. The lowest BCUT2D eigenvalue weighted by Gasteiger charge is -2.20. The molecule has 3 rings (SSSR count). The van der Waals surface area contributed by atoms with Crippen molar-refractivity contribution >= 4 is 11.9 Å². The van der Waals surface area contributed by atoms with Gasteiger partial charge < -0.3 is 25.6 Å². The third-order valence-corrected chi connectivity index (χ3v) is 3.66. The quantitative estimate of drug-likeness (QED) is 0.406. The van der Waals surface area contributed by atoms with Gasteiger partial charge in [-0.25, -0.2) is 4.98 Å². The molecule has 2 aliphatic heterocycles. The van der Waals surface area contributed by atoms with Crippen molar-refractivity contribution in [2.24, 2.45) is 4.99 Å². The van der Waals surface area contributed by atoms with Crippen LogP contribution in [-0.4, -0.2) is 62.4 Å². The minimum Gasteiger partial charge on any atom is -0.395 e. The number of aliphatic hydroxyl groups excluding tert-OH is 3. The highest BCUT2D eigenvalue weighted by atomic mass is 16.3. The first-order valence-electron chi connectivity index (χ1n) is 5.98. The van der Waals surface area contributed by atoms with E-state index in [2.05, 4.69) is 20.3 Å². The molecule has 1 saturated heterocycles. The summed E-state index contributed by atoms with van der Waals surface area (Å²) in [7, 11) is 0. The summed E-state index contributed by atoms with van der Waals surface area (Å²) in [6.07, 6.45) is 0.694. The highest BCUT2D eigenvalue weighted by Crippen LogP contribution is 2.33. The number of rotatable bonds is 2. The highest BCUT2D eigenvalue weighted by molar-refractivity contribution is 5.80. The molecule has 2 aliphatic rings. The summed E-state index contributed by atoms with van der Waals surface area (Å²) < 4.78 is 0. The van der Waals surface area contributed by atoms with Crippen molar-refractivity contribution in [3.8, 4) is 0 Å². The van der Waals surface area contributed by atoms with Crippen LogP contribution in [0.15, 0.2) is 16.1 Å². The molecular formula is C11H14N4O4. The maximum absolute atomic E-state index is 11.6. The van der Waals surface area contributed by atoms with Crippen LogP contribution in [0.3, 0.4) is 0 Å². The number of fused-ring (bicyclic) bond motifs is 1. The van der Waals surface area contributed by atoms with Crippen LogP contribution in [0.4, 0.5) is 5.69 Å². The van der Waals surface area contributed by atoms with E-state index in [4.69, 9.17) is 5.11 Å². The van der Waals surface area contributed by atoms with Crippen LogP contribution in [0.1, 0.15) is 11.6 Å². The fourth-order valence-electron chi connectivity index (χ4n) is 2.63. The first kappa shape index (κ1) is 12.4. The molecule has 0 saturated carbocycles. The van der Waals surface area contributed by atoms with Crippen molar-refractivity contribution in [2.75, 3.05) is 6.61 Å². The second kappa shape index (κ2) is 4.49. The van der Waals surface area contributed by atoms with Crippen molar-refractivity contribution in [1.82, 2.24) is 15.3 Å². The lowest BCUT2D eigenvalue weighted by Crippen LogP contribution is -2.40. The first-order chi connectivity index (χ1) is 9.13. The molecule has 1 fully saturated rings. The predicted molar refractivity (Wildman–Crippen MR) is 65.6 cm³/mol. The van der Waals surface area contributed by atoms with Gasteiger partial charge in [0, 0.05) is 12.3 Å². The van der Waals surface area contributed by atoms with E-state index < -0.39 is 30.2 Å². The fourth-order valence-corrected chi connectivity index (χ4v) is 2.63. The maximum atomic E-state index is 11.6. The number of H-pyrrole nitrogens is 1. The van der Waals surface area contributed by atoms with Gasteiger partial charge in [-0.3, -0.25) is 9.79 Å². The average Bonchev–Trinajstić information content (AvgIpc) is 2.94. The lowest BCUT2D eigenvalue weighted by molar-refractivity contribution is 0.0189. The van der Waals surface area contributed by atoms with E-state index in [0.717, 1.165) is 0 Å². The zero-order valence-corrected chi connectivity index (χ0v) is 9.89. The molecule has 0 aliphatic carbocycles. The molecule has 0 spiro atoms. The van der Waals surface area contributed by atoms with Crippen LogP contribution in [0.2, 0.25) is 0 Å². The average molecular weight is 266 g/mol. The van der Waals surface area contributed by atoms with Crippen molar-refractivity contribution in [2.45, 2.75) is 30.2 Å². The predicted octanol–water partition coefficient (Wildman–Crippen LogP) is -2.38. The van der Waals surface area contributed by atoms with Crippen molar-refractivity contribution in [3.63, 3.8) is 0 Å². The minimum atomic E-state index is -1.06. The summed E-state index contributed by atoms with van der Waals surface area (Å²) in [4.78, 5) is 22.1. The number of aromatic nitrogens is 2. The van der Waals surface area contributed by atoms with E-state index in [9.17, 15) is 15.0 Å². The molecule has 102 valence electrons. The Hall–Kier alpha value is -1.61. The third-order valence-electron chi connectivity index (χ3n) is 3.66. The van der Waals surface area contributed by atoms with Crippen LogP contribution < -0.4 is 10.9 Å². The van der Waals surface area contributed by atoms with Gasteiger partial charge in [0.05, 0.1) is 42.8 Å². The normalized spacial score (nSPS) is 36.7. The molecule has 8 heteroatoms. The zero-order valence-electron chi connectivity index (χ0n) is 9.89. The van der Waals surface area contributed by atoms with Crippen LogP contribution >= 0.6 is 0 Å². The van der Waals surface area contributed by atoms with Gasteiger partial charge in [-0.15, -0.1) is 0 Å². The third kappa shape index (κ3) is 1.80. The summed E-state index contributed by atoms with van der Waals surface area (Å²) in [6.45, 7) is -0.283. The fraction of sp³-hybridized carbons (Fsp3) is 0.545. The Bertz CT molecular complexity index is 572. The van der Waals surface area contributed by atoms with E-state index in [1.807, 2.05) is 0 Å². The van der Waals surface area contributed by atoms with Gasteiger partial charge in [0.1, 0.15) is 5.69 Å². The van der Waals surface area contributed by atoms with E-state index in [-0.39, 0.29) is 17.9 Å². The summed E-state index contributed by atoms with van der Waals surface area (Å²) in [5.74, 6) is -0.404. The maximum Gasteiger partial charge on any atom is 0.276 e. The molecule has 1 unspecified atom stereocenters. The Labute approximate surface area is 107 Å². The van der Waals surface area contributed by atoms with E-state index in [1.165, 1.54) is 12.5 Å². The summed E-state index contributed by atoms with van der Waals surface area (Å²) in [5, 5.41) is 31.9. The number of nitrogens with zero attached hydrogens (tertiary/aromatic N) is 2.